The zero-order valence-corrected chi connectivity index (χ0v) is 9.25. The minimum Gasteiger partial charge on any atom is -0.0955 e. The fourth-order valence-corrected chi connectivity index (χ4v) is 2.11. The first-order valence-corrected chi connectivity index (χ1v) is 7.26. The van der Waals surface area contributed by atoms with Crippen molar-refractivity contribution in [2.45, 2.75) is 20.0 Å². The third-order valence-electron chi connectivity index (χ3n) is 2.07. The molecule has 0 fully saturated rings. The van der Waals surface area contributed by atoms with Gasteiger partial charge in [0.15, 0.2) is 0 Å². The molecule has 0 radical (unpaired) electrons. The molecule has 0 bridgehead atoms. The van der Waals surface area contributed by atoms with Crippen molar-refractivity contribution >= 4 is 19.6 Å². The molecule has 0 aliphatic carbocycles. The number of hydrogen-bond donors (Lipinski definition) is 0. The van der Waals surface area contributed by atoms with Crippen molar-refractivity contribution in [3.63, 3.8) is 0 Å². The van der Waals surface area contributed by atoms with Crippen LogP contribution in [0.1, 0.15) is 12.5 Å². The summed E-state index contributed by atoms with van der Waals surface area (Å²) in [6, 6.07) is 8.82. The van der Waals surface area contributed by atoms with Gasteiger partial charge >= 0.3 is 0 Å². The molecule has 1 aromatic rings. The summed E-state index contributed by atoms with van der Waals surface area (Å²) in [6.07, 6.45) is 0. The van der Waals surface area contributed by atoms with Crippen LogP contribution in [0.2, 0.25) is 13.1 Å². The van der Waals surface area contributed by atoms with Gasteiger partial charge in [-0.1, -0.05) is 54.7 Å². The van der Waals surface area contributed by atoms with Crippen LogP contribution in [0.3, 0.4) is 0 Å². The predicted octanol–water partition coefficient (Wildman–Crippen LogP) is 2.41. The minimum absolute atomic E-state index is 0.610. The molecule has 0 unspecified atom stereocenters. The predicted molar refractivity (Wildman–Crippen MR) is 59.7 cm³/mol. The lowest BCUT2D eigenvalue weighted by Crippen LogP contribution is -2.21. The molecule has 0 aliphatic rings. The Labute approximate surface area is 76.5 Å². The maximum absolute atomic E-state index is 3.91. The minimum atomic E-state index is -0.610. The van der Waals surface area contributed by atoms with Crippen LogP contribution in [0.15, 0.2) is 30.8 Å². The highest BCUT2D eigenvalue weighted by Crippen LogP contribution is 2.08. The first kappa shape index (κ1) is 9.27. The normalized spacial score (nSPS) is 10.3. The Morgan fingerprint density at radius 1 is 1.17 bits per heavy atom. The maximum atomic E-state index is 3.91. The molecule has 0 aliphatic heterocycles. The molecule has 1 heteroatoms. The van der Waals surface area contributed by atoms with Crippen molar-refractivity contribution in [3.8, 4) is 0 Å². The van der Waals surface area contributed by atoms with E-state index in [4.69, 9.17) is 0 Å². The second kappa shape index (κ2) is 3.72. The molecule has 0 saturated carbocycles. The van der Waals surface area contributed by atoms with E-state index < -0.39 is 8.80 Å². The highest BCUT2D eigenvalue weighted by Gasteiger charge is 1.99. The first-order chi connectivity index (χ1) is 5.61. The number of hydrogen-bond acceptors (Lipinski definition) is 0. The van der Waals surface area contributed by atoms with E-state index in [1.54, 1.807) is 0 Å². The Morgan fingerprint density at radius 2 is 1.67 bits per heavy atom. The molecular formula is C11H16Si. The molecule has 1 aromatic carbocycles. The molecule has 0 amide bonds. The van der Waals surface area contributed by atoms with Gasteiger partial charge in [0, 0.05) is 0 Å². The van der Waals surface area contributed by atoms with E-state index in [2.05, 4.69) is 43.9 Å². The molecule has 0 N–H and O–H groups in total. The van der Waals surface area contributed by atoms with Crippen LogP contribution in [-0.4, -0.2) is 8.80 Å². The SMILES string of the molecule is C=C(C)c1ccc([SiH](C)C)cc1. The largest absolute Gasteiger partial charge is 0.0955 e. The van der Waals surface area contributed by atoms with Crippen LogP contribution in [0.5, 0.6) is 0 Å². The Bertz CT molecular complexity index is 270. The van der Waals surface area contributed by atoms with Gasteiger partial charge in [-0.3, -0.25) is 0 Å². The summed E-state index contributed by atoms with van der Waals surface area (Å²) in [7, 11) is -0.610. The van der Waals surface area contributed by atoms with Gasteiger partial charge in [0.2, 0.25) is 0 Å². The lowest BCUT2D eigenvalue weighted by Gasteiger charge is -2.05. The second-order valence-corrected chi connectivity index (χ2v) is 6.53. The fraction of sp³-hybridized carbons (Fsp3) is 0.273. The van der Waals surface area contributed by atoms with E-state index in [1.165, 1.54) is 10.8 Å². The van der Waals surface area contributed by atoms with Gasteiger partial charge in [0.1, 0.15) is 0 Å². The van der Waals surface area contributed by atoms with E-state index in [0.717, 1.165) is 5.57 Å². The highest BCUT2D eigenvalue weighted by molar-refractivity contribution is 6.70. The second-order valence-electron chi connectivity index (χ2n) is 3.56. The number of allylic oxidation sites excluding steroid dienone is 1. The summed E-state index contributed by atoms with van der Waals surface area (Å²) in [5.74, 6) is 0. The standard InChI is InChI=1S/C11H16Si/c1-9(2)10-5-7-11(8-6-10)12(3)4/h5-8,12H,1H2,2-4H3. The zero-order valence-electron chi connectivity index (χ0n) is 8.09. The zero-order chi connectivity index (χ0) is 9.14. The Balaban J connectivity index is 2.93. The summed E-state index contributed by atoms with van der Waals surface area (Å²) >= 11 is 0. The van der Waals surface area contributed by atoms with Crippen LogP contribution in [0.4, 0.5) is 0 Å². The smallest absolute Gasteiger partial charge is 0.0647 e. The quantitative estimate of drug-likeness (QED) is 0.607. The lowest BCUT2D eigenvalue weighted by atomic mass is 10.1. The van der Waals surface area contributed by atoms with Gasteiger partial charge < -0.3 is 0 Å². The van der Waals surface area contributed by atoms with Crippen LogP contribution in [0, 0.1) is 0 Å². The van der Waals surface area contributed by atoms with Crippen LogP contribution in [-0.2, 0) is 0 Å². The summed E-state index contributed by atoms with van der Waals surface area (Å²) < 4.78 is 0. The van der Waals surface area contributed by atoms with Gasteiger partial charge in [-0.25, -0.2) is 0 Å². The van der Waals surface area contributed by atoms with Gasteiger partial charge in [-0.05, 0) is 12.5 Å². The summed E-state index contributed by atoms with van der Waals surface area (Å²) in [4.78, 5) is 0. The van der Waals surface area contributed by atoms with E-state index >= 15 is 0 Å². The molecular weight excluding hydrogens is 160 g/mol. The van der Waals surface area contributed by atoms with Gasteiger partial charge in [0.05, 0.1) is 8.80 Å². The Hall–Kier alpha value is -0.823. The first-order valence-electron chi connectivity index (χ1n) is 4.37. The average Bonchev–Trinajstić information content (AvgIpc) is 2.04. The molecule has 0 spiro atoms. The molecule has 0 heterocycles. The van der Waals surface area contributed by atoms with Crippen molar-refractivity contribution in [3.05, 3.63) is 36.4 Å². The fourth-order valence-electron chi connectivity index (χ4n) is 1.15. The highest BCUT2D eigenvalue weighted by atomic mass is 28.3. The molecule has 1 rings (SSSR count). The summed E-state index contributed by atoms with van der Waals surface area (Å²) in [5.41, 5.74) is 2.40. The monoisotopic (exact) mass is 176 g/mol. The van der Waals surface area contributed by atoms with E-state index in [-0.39, 0.29) is 0 Å². The van der Waals surface area contributed by atoms with Crippen molar-refractivity contribution in [1.29, 1.82) is 0 Å². The van der Waals surface area contributed by atoms with Gasteiger partial charge in [-0.15, -0.1) is 0 Å². The topological polar surface area (TPSA) is 0 Å². The van der Waals surface area contributed by atoms with Crippen molar-refractivity contribution in [2.75, 3.05) is 0 Å². The van der Waals surface area contributed by atoms with Crippen LogP contribution >= 0.6 is 0 Å². The molecule has 0 atom stereocenters. The van der Waals surface area contributed by atoms with Crippen molar-refractivity contribution < 1.29 is 0 Å². The van der Waals surface area contributed by atoms with Crippen molar-refractivity contribution in [2.24, 2.45) is 0 Å². The Kier molecular flexibility index (Phi) is 2.87. The van der Waals surface area contributed by atoms with E-state index in [1.807, 2.05) is 6.92 Å². The molecule has 0 saturated heterocycles. The maximum Gasteiger partial charge on any atom is 0.0647 e. The summed E-state index contributed by atoms with van der Waals surface area (Å²) in [5, 5.41) is 1.53. The third kappa shape index (κ3) is 2.08. The van der Waals surface area contributed by atoms with Crippen LogP contribution in [0.25, 0.3) is 5.57 Å². The lowest BCUT2D eigenvalue weighted by molar-refractivity contribution is 1.60. The Morgan fingerprint density at radius 3 is 2.00 bits per heavy atom. The van der Waals surface area contributed by atoms with Gasteiger partial charge in [0.25, 0.3) is 0 Å². The van der Waals surface area contributed by atoms with E-state index in [9.17, 15) is 0 Å². The van der Waals surface area contributed by atoms with Crippen LogP contribution < -0.4 is 5.19 Å². The van der Waals surface area contributed by atoms with E-state index in [0.29, 0.717) is 0 Å². The molecule has 64 valence electrons. The molecule has 0 nitrogen and oxygen atoms in total. The summed E-state index contributed by atoms with van der Waals surface area (Å²) in [6.45, 7) is 10.6. The number of benzene rings is 1. The average molecular weight is 176 g/mol. The third-order valence-corrected chi connectivity index (χ3v) is 3.79. The molecule has 0 aromatic heterocycles. The number of rotatable bonds is 2. The van der Waals surface area contributed by atoms with Gasteiger partial charge in [-0.2, -0.15) is 0 Å². The van der Waals surface area contributed by atoms with Crippen molar-refractivity contribution in [1.82, 2.24) is 0 Å². The molecule has 12 heavy (non-hydrogen) atoms.